The molecule has 0 aliphatic carbocycles. The molecule has 0 amide bonds. The van der Waals surface area contributed by atoms with Gasteiger partial charge in [-0.1, -0.05) is 58.7 Å². The lowest BCUT2D eigenvalue weighted by Gasteiger charge is -2.09. The van der Waals surface area contributed by atoms with Crippen molar-refractivity contribution in [3.05, 3.63) is 103 Å². The molecule has 0 radical (unpaired) electrons. The van der Waals surface area contributed by atoms with Crippen molar-refractivity contribution in [1.29, 1.82) is 0 Å². The Morgan fingerprint density at radius 1 is 1.06 bits per heavy atom. The molecule has 0 heterocycles. The van der Waals surface area contributed by atoms with Gasteiger partial charge in [-0.15, -0.1) is 11.8 Å². The second-order valence-electron chi connectivity index (χ2n) is 6.68. The fraction of sp³-hybridized carbons (Fsp3) is 0.136. The highest BCUT2D eigenvalue weighted by Gasteiger charge is 2.30. The third kappa shape index (κ3) is 6.86. The number of rotatable bonds is 8. The van der Waals surface area contributed by atoms with Gasteiger partial charge in [0.2, 0.25) is 0 Å². The van der Waals surface area contributed by atoms with Crippen molar-refractivity contribution in [2.45, 2.75) is 23.4 Å². The Morgan fingerprint density at radius 2 is 1.76 bits per heavy atom. The maximum absolute atomic E-state index is 12.9. The first kappa shape index (κ1) is 24.9. The number of nitro benzene ring substituents is 1. The molecule has 0 spiro atoms. The molecule has 172 valence electrons. The molecule has 11 heteroatoms. The predicted octanol–water partition coefficient (Wildman–Crippen LogP) is 7.76. The van der Waals surface area contributed by atoms with Crippen LogP contribution in [0.1, 0.15) is 22.3 Å². The van der Waals surface area contributed by atoms with Gasteiger partial charge in [0.25, 0.3) is 5.69 Å². The molecule has 3 rings (SSSR count). The maximum Gasteiger partial charge on any atom is 0.416 e. The summed E-state index contributed by atoms with van der Waals surface area (Å²) in [5, 5.41) is 16.1. The van der Waals surface area contributed by atoms with Gasteiger partial charge in [-0.05, 0) is 29.8 Å². The SMILES string of the molecule is O=[N+]([O-])c1cc(/C=N/OCc2c(Cl)cccc2Cl)ccc1SCc1cccc(C(F)(F)F)c1. The fourth-order valence-corrected chi connectivity index (χ4v) is 4.20. The summed E-state index contributed by atoms with van der Waals surface area (Å²) in [4.78, 5) is 16.5. The molecule has 0 atom stereocenters. The van der Waals surface area contributed by atoms with Crippen molar-refractivity contribution < 1.29 is 22.9 Å². The van der Waals surface area contributed by atoms with Crippen LogP contribution in [0.15, 0.2) is 70.7 Å². The lowest BCUT2D eigenvalue weighted by Crippen LogP contribution is -2.04. The van der Waals surface area contributed by atoms with Crippen molar-refractivity contribution in [2.75, 3.05) is 0 Å². The van der Waals surface area contributed by atoms with Gasteiger partial charge in [-0.3, -0.25) is 10.1 Å². The van der Waals surface area contributed by atoms with E-state index in [-0.39, 0.29) is 18.0 Å². The standard InChI is InChI=1S/C22H15Cl2F3N2O3S/c23-18-5-2-6-19(24)17(18)12-32-28-11-14-7-8-21(20(10-14)29(30)31)33-13-15-3-1-4-16(9-15)22(25,26)27/h1-11H,12-13H2/b28-11+. The largest absolute Gasteiger partial charge is 0.416 e. The molecule has 0 bridgehead atoms. The number of halogens is 5. The van der Waals surface area contributed by atoms with E-state index in [0.717, 1.165) is 23.9 Å². The Morgan fingerprint density at radius 3 is 2.42 bits per heavy atom. The number of hydrogen-bond donors (Lipinski definition) is 0. The zero-order valence-electron chi connectivity index (χ0n) is 16.7. The van der Waals surface area contributed by atoms with Gasteiger partial charge in [0.1, 0.15) is 6.61 Å². The minimum absolute atomic E-state index is 0.0159. The second-order valence-corrected chi connectivity index (χ2v) is 8.51. The minimum atomic E-state index is -4.45. The number of thioether (sulfide) groups is 1. The van der Waals surface area contributed by atoms with E-state index in [9.17, 15) is 23.3 Å². The number of nitro groups is 1. The van der Waals surface area contributed by atoms with Crippen LogP contribution in [0.3, 0.4) is 0 Å². The van der Waals surface area contributed by atoms with Crippen LogP contribution < -0.4 is 0 Å². The van der Waals surface area contributed by atoms with Crippen LogP contribution in [-0.2, 0) is 23.4 Å². The third-order valence-corrected chi connectivity index (χ3v) is 6.22. The van der Waals surface area contributed by atoms with Gasteiger partial charge >= 0.3 is 6.18 Å². The van der Waals surface area contributed by atoms with Crippen LogP contribution in [-0.4, -0.2) is 11.1 Å². The molecule has 0 unspecified atom stereocenters. The van der Waals surface area contributed by atoms with E-state index in [1.807, 2.05) is 0 Å². The molecule has 0 fully saturated rings. The van der Waals surface area contributed by atoms with Gasteiger partial charge in [0.05, 0.1) is 21.6 Å². The normalized spacial score (nSPS) is 11.7. The summed E-state index contributed by atoms with van der Waals surface area (Å²) in [5.41, 5.74) is 0.423. The summed E-state index contributed by atoms with van der Waals surface area (Å²) >= 11 is 13.2. The molecule has 0 saturated carbocycles. The fourth-order valence-electron chi connectivity index (χ4n) is 2.75. The number of benzene rings is 3. The van der Waals surface area contributed by atoms with Gasteiger partial charge in [0.15, 0.2) is 0 Å². The van der Waals surface area contributed by atoms with E-state index < -0.39 is 16.7 Å². The van der Waals surface area contributed by atoms with E-state index in [2.05, 4.69) is 5.16 Å². The number of alkyl halides is 3. The van der Waals surface area contributed by atoms with Crippen LogP contribution >= 0.6 is 35.0 Å². The number of oxime groups is 1. The minimum Gasteiger partial charge on any atom is -0.391 e. The van der Waals surface area contributed by atoms with Crippen LogP contribution in [0.5, 0.6) is 0 Å². The molecule has 0 saturated heterocycles. The van der Waals surface area contributed by atoms with E-state index >= 15 is 0 Å². The molecule has 0 N–H and O–H groups in total. The van der Waals surface area contributed by atoms with E-state index in [1.54, 1.807) is 24.3 Å². The summed E-state index contributed by atoms with van der Waals surface area (Å²) in [5.74, 6) is 0.139. The first-order chi connectivity index (χ1) is 15.6. The smallest absolute Gasteiger partial charge is 0.391 e. The van der Waals surface area contributed by atoms with Gasteiger partial charge in [0, 0.05) is 33.0 Å². The molecule has 5 nitrogen and oxygen atoms in total. The molecule has 0 aliphatic heterocycles. The summed E-state index contributed by atoms with van der Waals surface area (Å²) < 4.78 is 38.6. The highest BCUT2D eigenvalue weighted by atomic mass is 35.5. The summed E-state index contributed by atoms with van der Waals surface area (Å²) in [6, 6.07) is 14.3. The summed E-state index contributed by atoms with van der Waals surface area (Å²) in [6.07, 6.45) is -3.15. The zero-order chi connectivity index (χ0) is 24.0. The Balaban J connectivity index is 1.68. The highest BCUT2D eigenvalue weighted by molar-refractivity contribution is 7.98. The summed E-state index contributed by atoms with van der Waals surface area (Å²) in [6.45, 7) is 0.0159. The topological polar surface area (TPSA) is 64.7 Å². The lowest BCUT2D eigenvalue weighted by atomic mass is 10.1. The molecule has 3 aromatic carbocycles. The first-order valence-electron chi connectivity index (χ1n) is 9.31. The predicted molar refractivity (Wildman–Crippen MR) is 123 cm³/mol. The van der Waals surface area contributed by atoms with Gasteiger partial charge < -0.3 is 4.84 Å². The van der Waals surface area contributed by atoms with E-state index in [4.69, 9.17) is 28.0 Å². The lowest BCUT2D eigenvalue weighted by molar-refractivity contribution is -0.387. The third-order valence-electron chi connectivity index (χ3n) is 4.38. The molecule has 3 aromatic rings. The molecular formula is C22H15Cl2F3N2O3S. The van der Waals surface area contributed by atoms with Gasteiger partial charge in [-0.2, -0.15) is 13.2 Å². The first-order valence-corrected chi connectivity index (χ1v) is 11.0. The highest BCUT2D eigenvalue weighted by Crippen LogP contribution is 2.34. The Labute approximate surface area is 201 Å². The van der Waals surface area contributed by atoms with Crippen LogP contribution in [0, 0.1) is 10.1 Å². The van der Waals surface area contributed by atoms with Gasteiger partial charge in [-0.25, -0.2) is 0 Å². The summed E-state index contributed by atoms with van der Waals surface area (Å²) in [7, 11) is 0. The van der Waals surface area contributed by atoms with E-state index in [1.165, 1.54) is 30.5 Å². The quantitative estimate of drug-likeness (QED) is 0.133. The monoisotopic (exact) mass is 514 g/mol. The van der Waals surface area contributed by atoms with Crippen LogP contribution in [0.25, 0.3) is 0 Å². The van der Waals surface area contributed by atoms with E-state index in [0.29, 0.717) is 31.6 Å². The average molecular weight is 515 g/mol. The Hall–Kier alpha value is -2.75. The maximum atomic E-state index is 12.9. The number of hydrogen-bond acceptors (Lipinski definition) is 5. The Kier molecular flexibility index (Phi) is 8.23. The van der Waals surface area contributed by atoms with Crippen molar-refractivity contribution in [2.24, 2.45) is 5.16 Å². The molecule has 33 heavy (non-hydrogen) atoms. The van der Waals surface area contributed by atoms with Crippen molar-refractivity contribution >= 4 is 46.9 Å². The number of nitrogens with zero attached hydrogens (tertiary/aromatic N) is 2. The van der Waals surface area contributed by atoms with Crippen LogP contribution in [0.2, 0.25) is 10.0 Å². The molecular weight excluding hydrogens is 500 g/mol. The van der Waals surface area contributed by atoms with Crippen molar-refractivity contribution in [3.8, 4) is 0 Å². The average Bonchev–Trinajstić information content (AvgIpc) is 2.76. The second kappa shape index (κ2) is 10.9. The zero-order valence-corrected chi connectivity index (χ0v) is 19.0. The molecule has 0 aromatic heterocycles. The van der Waals surface area contributed by atoms with Crippen molar-refractivity contribution in [1.82, 2.24) is 0 Å². The Bertz CT molecular complexity index is 1170. The van der Waals surface area contributed by atoms with Crippen molar-refractivity contribution in [3.63, 3.8) is 0 Å². The molecule has 0 aliphatic rings. The van der Waals surface area contributed by atoms with Crippen LogP contribution in [0.4, 0.5) is 18.9 Å².